The number of nitrogens with zero attached hydrogens (tertiary/aromatic N) is 1. The summed E-state index contributed by atoms with van der Waals surface area (Å²) in [7, 11) is 0. The quantitative estimate of drug-likeness (QED) is 0.590. The Labute approximate surface area is 96.7 Å². The van der Waals surface area contributed by atoms with Crippen molar-refractivity contribution in [1.82, 2.24) is 4.98 Å². The molecule has 0 fully saturated rings. The van der Waals surface area contributed by atoms with Crippen LogP contribution in [0.1, 0.15) is 10.4 Å². The molecule has 0 unspecified atom stereocenters. The summed E-state index contributed by atoms with van der Waals surface area (Å²) in [6.45, 7) is 0. The number of halogens is 2. The van der Waals surface area contributed by atoms with Crippen molar-refractivity contribution in [3.63, 3.8) is 0 Å². The molecule has 2 nitrogen and oxygen atoms in total. The van der Waals surface area contributed by atoms with Crippen LogP contribution in [0.15, 0.2) is 36.5 Å². The Morgan fingerprint density at radius 2 is 2.00 bits per heavy atom. The van der Waals surface area contributed by atoms with E-state index in [0.29, 0.717) is 22.4 Å². The van der Waals surface area contributed by atoms with Gasteiger partial charge in [0, 0.05) is 22.3 Å². The number of hydrogen-bond donors (Lipinski definition) is 0. The predicted octanol–water partition coefficient (Wildman–Crippen LogP) is 3.35. The molecule has 2 rings (SSSR count). The van der Waals surface area contributed by atoms with Crippen molar-refractivity contribution in [2.75, 3.05) is 0 Å². The third-order valence-corrected chi connectivity index (χ3v) is 2.34. The molecule has 0 aliphatic heterocycles. The molecule has 0 amide bonds. The Morgan fingerprint density at radius 1 is 1.19 bits per heavy atom. The second-order valence-corrected chi connectivity index (χ2v) is 3.70. The molecule has 0 N–H and O–H groups in total. The normalized spacial score (nSPS) is 10.1. The van der Waals surface area contributed by atoms with Crippen molar-refractivity contribution in [2.45, 2.75) is 0 Å². The molecular formula is C12H7ClFNO. The third kappa shape index (κ3) is 2.25. The summed E-state index contributed by atoms with van der Waals surface area (Å²) in [4.78, 5) is 14.2. The summed E-state index contributed by atoms with van der Waals surface area (Å²) in [5, 5.41) is 0.462. The number of benzene rings is 1. The minimum Gasteiger partial charge on any atom is -0.298 e. The van der Waals surface area contributed by atoms with Gasteiger partial charge < -0.3 is 0 Å². The van der Waals surface area contributed by atoms with Crippen molar-refractivity contribution >= 4 is 17.9 Å². The van der Waals surface area contributed by atoms with E-state index in [2.05, 4.69) is 4.98 Å². The molecule has 2 aromatic rings. The number of rotatable bonds is 2. The molecule has 0 atom stereocenters. The van der Waals surface area contributed by atoms with E-state index in [1.54, 1.807) is 24.3 Å². The summed E-state index contributed by atoms with van der Waals surface area (Å²) >= 11 is 5.86. The van der Waals surface area contributed by atoms with Gasteiger partial charge in [0.1, 0.15) is 6.29 Å². The van der Waals surface area contributed by atoms with Crippen molar-refractivity contribution in [1.29, 1.82) is 0 Å². The van der Waals surface area contributed by atoms with Crippen molar-refractivity contribution in [2.24, 2.45) is 0 Å². The molecule has 0 aliphatic rings. The van der Waals surface area contributed by atoms with Gasteiger partial charge in [0.25, 0.3) is 0 Å². The van der Waals surface area contributed by atoms with Gasteiger partial charge in [-0.05, 0) is 35.9 Å². The maximum Gasteiger partial charge on any atom is 0.212 e. The van der Waals surface area contributed by atoms with Crippen LogP contribution in [-0.2, 0) is 0 Å². The largest absolute Gasteiger partial charge is 0.298 e. The number of hydrogen-bond acceptors (Lipinski definition) is 2. The van der Waals surface area contributed by atoms with E-state index in [1.165, 1.54) is 12.3 Å². The Morgan fingerprint density at radius 3 is 2.62 bits per heavy atom. The fourth-order valence-corrected chi connectivity index (χ4v) is 1.64. The Bertz CT molecular complexity index is 525. The molecule has 1 aromatic heterocycles. The monoisotopic (exact) mass is 235 g/mol. The van der Waals surface area contributed by atoms with Crippen molar-refractivity contribution in [3.05, 3.63) is 53.1 Å². The SMILES string of the molecule is O=Cc1cc(Cl)cc(-c2ccc(F)nc2)c1. The standard InChI is InChI=1S/C12H7ClFNO/c13-11-4-8(7-16)3-10(5-11)9-1-2-12(14)15-6-9/h1-7H. The van der Waals surface area contributed by atoms with Crippen LogP contribution in [0.4, 0.5) is 4.39 Å². The lowest BCUT2D eigenvalue weighted by atomic mass is 10.1. The van der Waals surface area contributed by atoms with Gasteiger partial charge in [0.15, 0.2) is 0 Å². The van der Waals surface area contributed by atoms with E-state index in [1.807, 2.05) is 0 Å². The van der Waals surface area contributed by atoms with E-state index in [0.717, 1.165) is 5.56 Å². The van der Waals surface area contributed by atoms with Crippen LogP contribution in [0.5, 0.6) is 0 Å². The van der Waals surface area contributed by atoms with Crippen LogP contribution in [0.3, 0.4) is 0 Å². The first-order valence-corrected chi connectivity index (χ1v) is 4.94. The lowest BCUT2D eigenvalue weighted by molar-refractivity contribution is 0.112. The first-order chi connectivity index (χ1) is 7.69. The number of carbonyl (C=O) groups is 1. The molecule has 0 aliphatic carbocycles. The third-order valence-electron chi connectivity index (χ3n) is 2.12. The number of aromatic nitrogens is 1. The molecule has 0 saturated heterocycles. The van der Waals surface area contributed by atoms with E-state index < -0.39 is 5.95 Å². The van der Waals surface area contributed by atoms with Gasteiger partial charge in [0.05, 0.1) is 0 Å². The first kappa shape index (κ1) is 10.8. The van der Waals surface area contributed by atoms with Crippen molar-refractivity contribution < 1.29 is 9.18 Å². The summed E-state index contributed by atoms with van der Waals surface area (Å²) in [5.74, 6) is -0.540. The molecule has 0 radical (unpaired) electrons. The van der Waals surface area contributed by atoms with Gasteiger partial charge in [-0.3, -0.25) is 4.79 Å². The van der Waals surface area contributed by atoms with Gasteiger partial charge in [0.2, 0.25) is 5.95 Å². The van der Waals surface area contributed by atoms with Gasteiger partial charge in [-0.2, -0.15) is 4.39 Å². The van der Waals surface area contributed by atoms with Crippen LogP contribution < -0.4 is 0 Å². The van der Waals surface area contributed by atoms with Gasteiger partial charge in [-0.15, -0.1) is 0 Å². The molecule has 1 aromatic carbocycles. The maximum absolute atomic E-state index is 12.6. The zero-order chi connectivity index (χ0) is 11.5. The second-order valence-electron chi connectivity index (χ2n) is 3.26. The first-order valence-electron chi connectivity index (χ1n) is 4.57. The maximum atomic E-state index is 12.6. The predicted molar refractivity (Wildman–Crippen MR) is 60.0 cm³/mol. The Balaban J connectivity index is 2.51. The lowest BCUT2D eigenvalue weighted by Crippen LogP contribution is -1.86. The molecule has 1 heterocycles. The molecular weight excluding hydrogens is 229 g/mol. The molecule has 0 spiro atoms. The lowest BCUT2D eigenvalue weighted by Gasteiger charge is -2.03. The molecule has 4 heteroatoms. The minimum absolute atomic E-state index is 0.462. The van der Waals surface area contributed by atoms with E-state index in [9.17, 15) is 9.18 Å². The second kappa shape index (κ2) is 4.41. The highest BCUT2D eigenvalue weighted by Crippen LogP contribution is 2.23. The highest BCUT2D eigenvalue weighted by Gasteiger charge is 2.02. The summed E-state index contributed by atoms with van der Waals surface area (Å²) in [6, 6.07) is 7.78. The van der Waals surface area contributed by atoms with Crippen LogP contribution >= 0.6 is 11.6 Å². The summed E-state index contributed by atoms with van der Waals surface area (Å²) in [5.41, 5.74) is 1.93. The number of aldehydes is 1. The van der Waals surface area contributed by atoms with E-state index >= 15 is 0 Å². The summed E-state index contributed by atoms with van der Waals surface area (Å²) < 4.78 is 12.6. The van der Waals surface area contributed by atoms with Crippen LogP contribution in [0, 0.1) is 5.95 Å². The fourth-order valence-electron chi connectivity index (χ4n) is 1.39. The van der Waals surface area contributed by atoms with Gasteiger partial charge in [-0.1, -0.05) is 11.6 Å². The van der Waals surface area contributed by atoms with Crippen LogP contribution in [0.2, 0.25) is 5.02 Å². The molecule has 80 valence electrons. The van der Waals surface area contributed by atoms with Gasteiger partial charge in [-0.25, -0.2) is 4.98 Å². The Kier molecular flexibility index (Phi) is 2.97. The molecule has 0 bridgehead atoms. The van der Waals surface area contributed by atoms with Crippen LogP contribution in [0.25, 0.3) is 11.1 Å². The van der Waals surface area contributed by atoms with Crippen LogP contribution in [-0.4, -0.2) is 11.3 Å². The minimum atomic E-state index is -0.540. The topological polar surface area (TPSA) is 30.0 Å². The average molecular weight is 236 g/mol. The zero-order valence-electron chi connectivity index (χ0n) is 8.15. The zero-order valence-corrected chi connectivity index (χ0v) is 8.91. The number of pyridine rings is 1. The smallest absolute Gasteiger partial charge is 0.212 e. The summed E-state index contributed by atoms with van der Waals surface area (Å²) in [6.07, 6.45) is 2.11. The average Bonchev–Trinajstić information content (AvgIpc) is 2.29. The van der Waals surface area contributed by atoms with E-state index in [4.69, 9.17) is 11.6 Å². The highest BCUT2D eigenvalue weighted by atomic mass is 35.5. The van der Waals surface area contributed by atoms with E-state index in [-0.39, 0.29) is 0 Å². The molecule has 16 heavy (non-hydrogen) atoms. The molecule has 0 saturated carbocycles. The fraction of sp³-hybridized carbons (Fsp3) is 0. The highest BCUT2D eigenvalue weighted by molar-refractivity contribution is 6.31. The Hall–Kier alpha value is -1.74. The van der Waals surface area contributed by atoms with Crippen molar-refractivity contribution in [3.8, 4) is 11.1 Å². The van der Waals surface area contributed by atoms with Gasteiger partial charge >= 0.3 is 0 Å². The number of carbonyl (C=O) groups excluding carboxylic acids is 1.